The normalized spacial score (nSPS) is 21.0. The van der Waals surface area contributed by atoms with Gasteiger partial charge in [-0.1, -0.05) is 0 Å². The summed E-state index contributed by atoms with van der Waals surface area (Å²) in [6.07, 6.45) is 6.40. The Kier molecular flexibility index (Phi) is 3.40. The van der Waals surface area contributed by atoms with E-state index in [1.54, 1.807) is 15.4 Å². The fourth-order valence-corrected chi connectivity index (χ4v) is 3.09. The molecule has 0 saturated carbocycles. The molecular formula is C15H18N8O. The second kappa shape index (κ2) is 5.59. The van der Waals surface area contributed by atoms with Gasteiger partial charge in [0, 0.05) is 37.0 Å². The van der Waals surface area contributed by atoms with Crippen molar-refractivity contribution < 1.29 is 4.79 Å². The highest BCUT2D eigenvalue weighted by Gasteiger charge is 2.31. The smallest absolute Gasteiger partial charge is 0.254 e. The van der Waals surface area contributed by atoms with Crippen LogP contribution in [0.4, 0.5) is 5.82 Å². The van der Waals surface area contributed by atoms with Crippen molar-refractivity contribution in [3.8, 4) is 0 Å². The van der Waals surface area contributed by atoms with Crippen LogP contribution in [0.3, 0.4) is 0 Å². The number of anilines is 1. The number of carbonyl (C=O) groups excluding carboxylic acids is 1. The Morgan fingerprint density at radius 2 is 2.25 bits per heavy atom. The van der Waals surface area contributed by atoms with Gasteiger partial charge < -0.3 is 10.6 Å². The standard InChI is InChI=1S/C15H18N8O/c1-9-5-12(23-15(19-9)16-8-18-23)20-11-3-4-13(24)21-14(11)10-6-17-22(2)7-10/h5-8,11,14,20H,3-4H2,1-2H3,(H,21,24)/t11-,14+/m1/s1. The molecule has 3 aromatic heterocycles. The Labute approximate surface area is 138 Å². The van der Waals surface area contributed by atoms with Crippen LogP contribution in [0.2, 0.25) is 0 Å². The van der Waals surface area contributed by atoms with E-state index in [1.165, 1.54) is 6.33 Å². The van der Waals surface area contributed by atoms with Crippen LogP contribution in [0.25, 0.3) is 5.78 Å². The third-order valence-electron chi connectivity index (χ3n) is 4.20. The van der Waals surface area contributed by atoms with Gasteiger partial charge >= 0.3 is 0 Å². The second-order valence-corrected chi connectivity index (χ2v) is 6.04. The van der Waals surface area contributed by atoms with Crippen LogP contribution in [0.5, 0.6) is 0 Å². The topological polar surface area (TPSA) is 102 Å². The van der Waals surface area contributed by atoms with Gasteiger partial charge in [-0.2, -0.15) is 19.7 Å². The Balaban J connectivity index is 1.68. The van der Waals surface area contributed by atoms with Crippen molar-refractivity contribution in [2.75, 3.05) is 5.32 Å². The quantitative estimate of drug-likeness (QED) is 0.731. The molecule has 0 unspecified atom stereocenters. The van der Waals surface area contributed by atoms with E-state index in [1.807, 2.05) is 26.2 Å². The molecule has 0 spiro atoms. The number of amides is 1. The molecule has 1 amide bonds. The van der Waals surface area contributed by atoms with E-state index in [9.17, 15) is 4.79 Å². The maximum Gasteiger partial charge on any atom is 0.254 e. The summed E-state index contributed by atoms with van der Waals surface area (Å²) in [7, 11) is 1.86. The summed E-state index contributed by atoms with van der Waals surface area (Å²) < 4.78 is 3.41. The first-order chi connectivity index (χ1) is 11.6. The zero-order valence-electron chi connectivity index (χ0n) is 13.5. The number of piperidine rings is 1. The minimum atomic E-state index is -0.146. The van der Waals surface area contributed by atoms with Gasteiger partial charge in [0.1, 0.15) is 12.1 Å². The van der Waals surface area contributed by atoms with E-state index >= 15 is 0 Å². The molecule has 0 radical (unpaired) electrons. The number of fused-ring (bicyclic) bond motifs is 1. The number of rotatable bonds is 3. The number of aromatic nitrogens is 6. The molecular weight excluding hydrogens is 308 g/mol. The van der Waals surface area contributed by atoms with Crippen molar-refractivity contribution in [1.29, 1.82) is 0 Å². The predicted octanol–water partition coefficient (Wildman–Crippen LogP) is 0.598. The summed E-state index contributed by atoms with van der Waals surface area (Å²) in [5.41, 5.74) is 1.83. The van der Waals surface area contributed by atoms with E-state index < -0.39 is 0 Å². The average Bonchev–Trinajstić information content (AvgIpc) is 3.17. The Morgan fingerprint density at radius 1 is 1.38 bits per heavy atom. The van der Waals surface area contributed by atoms with Gasteiger partial charge in [0.15, 0.2) is 0 Å². The highest BCUT2D eigenvalue weighted by Crippen LogP contribution is 2.27. The molecule has 4 rings (SSSR count). The Morgan fingerprint density at radius 3 is 3.04 bits per heavy atom. The minimum absolute atomic E-state index is 0.0288. The van der Waals surface area contributed by atoms with Crippen LogP contribution in [-0.2, 0) is 11.8 Å². The lowest BCUT2D eigenvalue weighted by Crippen LogP contribution is -2.45. The summed E-state index contributed by atoms with van der Waals surface area (Å²) >= 11 is 0. The van der Waals surface area contributed by atoms with Crippen molar-refractivity contribution in [2.45, 2.75) is 31.8 Å². The minimum Gasteiger partial charge on any atom is -0.365 e. The predicted molar refractivity (Wildman–Crippen MR) is 86.3 cm³/mol. The first kappa shape index (κ1) is 14.6. The molecule has 9 nitrogen and oxygen atoms in total. The van der Waals surface area contributed by atoms with Gasteiger partial charge in [0.25, 0.3) is 5.78 Å². The van der Waals surface area contributed by atoms with E-state index in [-0.39, 0.29) is 18.0 Å². The maximum atomic E-state index is 11.9. The fourth-order valence-electron chi connectivity index (χ4n) is 3.09. The van der Waals surface area contributed by atoms with Crippen molar-refractivity contribution in [2.24, 2.45) is 7.05 Å². The van der Waals surface area contributed by atoms with E-state index in [0.29, 0.717) is 12.2 Å². The first-order valence-electron chi connectivity index (χ1n) is 7.82. The second-order valence-electron chi connectivity index (χ2n) is 6.04. The third kappa shape index (κ3) is 2.57. The molecule has 1 fully saturated rings. The molecule has 24 heavy (non-hydrogen) atoms. The molecule has 124 valence electrons. The zero-order valence-corrected chi connectivity index (χ0v) is 13.5. The first-order valence-corrected chi connectivity index (χ1v) is 7.82. The van der Waals surface area contributed by atoms with Crippen LogP contribution < -0.4 is 10.6 Å². The Hall–Kier alpha value is -2.97. The number of aryl methyl sites for hydroxylation is 2. The summed E-state index contributed by atoms with van der Waals surface area (Å²) in [6.45, 7) is 1.92. The largest absolute Gasteiger partial charge is 0.365 e. The van der Waals surface area contributed by atoms with Crippen LogP contribution in [0, 0.1) is 6.92 Å². The summed E-state index contributed by atoms with van der Waals surface area (Å²) in [4.78, 5) is 20.4. The molecule has 1 aliphatic rings. The molecule has 2 N–H and O–H groups in total. The van der Waals surface area contributed by atoms with E-state index in [4.69, 9.17) is 0 Å². The van der Waals surface area contributed by atoms with Gasteiger partial charge in [-0.3, -0.25) is 9.48 Å². The molecule has 1 aliphatic heterocycles. The summed E-state index contributed by atoms with van der Waals surface area (Å²) in [5, 5.41) is 15.0. The van der Waals surface area contributed by atoms with Crippen LogP contribution in [0.1, 0.15) is 30.1 Å². The van der Waals surface area contributed by atoms with Crippen molar-refractivity contribution in [3.63, 3.8) is 0 Å². The van der Waals surface area contributed by atoms with Gasteiger partial charge in [0.2, 0.25) is 5.91 Å². The van der Waals surface area contributed by atoms with E-state index in [0.717, 1.165) is 23.5 Å². The lowest BCUT2D eigenvalue weighted by molar-refractivity contribution is -0.123. The third-order valence-corrected chi connectivity index (χ3v) is 4.20. The molecule has 2 atom stereocenters. The average molecular weight is 326 g/mol. The van der Waals surface area contributed by atoms with Crippen molar-refractivity contribution in [3.05, 3.63) is 36.0 Å². The highest BCUT2D eigenvalue weighted by molar-refractivity contribution is 5.77. The monoisotopic (exact) mass is 326 g/mol. The van der Waals surface area contributed by atoms with Gasteiger partial charge in [-0.25, -0.2) is 4.98 Å². The molecule has 0 aliphatic carbocycles. The zero-order chi connectivity index (χ0) is 16.7. The van der Waals surface area contributed by atoms with Gasteiger partial charge in [-0.15, -0.1) is 0 Å². The molecule has 3 aromatic rings. The summed E-state index contributed by atoms with van der Waals surface area (Å²) in [6, 6.07) is 1.81. The van der Waals surface area contributed by atoms with Gasteiger partial charge in [0.05, 0.1) is 18.3 Å². The maximum absolute atomic E-state index is 11.9. The number of nitrogens with zero attached hydrogens (tertiary/aromatic N) is 6. The number of hydrogen-bond acceptors (Lipinski definition) is 6. The number of nitrogens with one attached hydrogen (secondary N) is 2. The van der Waals surface area contributed by atoms with Crippen molar-refractivity contribution >= 4 is 17.5 Å². The van der Waals surface area contributed by atoms with Crippen LogP contribution >= 0.6 is 0 Å². The van der Waals surface area contributed by atoms with Crippen molar-refractivity contribution in [1.82, 2.24) is 34.7 Å². The van der Waals surface area contributed by atoms with Crippen LogP contribution in [0.15, 0.2) is 24.8 Å². The molecule has 9 heteroatoms. The molecule has 1 saturated heterocycles. The SMILES string of the molecule is Cc1cc(N[C@@H]2CCC(=O)N[C@H]2c2cnn(C)c2)n2ncnc2n1. The number of carbonyl (C=O) groups is 1. The summed E-state index contributed by atoms with van der Waals surface area (Å²) in [5.74, 6) is 1.42. The molecule has 0 bridgehead atoms. The van der Waals surface area contributed by atoms with E-state index in [2.05, 4.69) is 30.8 Å². The molecule has 4 heterocycles. The highest BCUT2D eigenvalue weighted by atomic mass is 16.1. The Bertz CT molecular complexity index is 898. The van der Waals surface area contributed by atoms with Crippen LogP contribution in [-0.4, -0.2) is 41.3 Å². The number of hydrogen-bond donors (Lipinski definition) is 2. The molecule has 0 aromatic carbocycles. The van der Waals surface area contributed by atoms with Gasteiger partial charge in [-0.05, 0) is 13.3 Å². The lowest BCUT2D eigenvalue weighted by atomic mass is 9.93. The fraction of sp³-hybridized carbons (Fsp3) is 0.400. The lowest BCUT2D eigenvalue weighted by Gasteiger charge is -2.33.